The number of fused-ring (bicyclic) bond motifs is 1. The minimum Gasteiger partial charge on any atom is -0.342 e. The van der Waals surface area contributed by atoms with Crippen LogP contribution in [0.4, 0.5) is 0 Å². The van der Waals surface area contributed by atoms with Crippen LogP contribution in [0.3, 0.4) is 0 Å². The molecule has 2 aromatic heterocycles. The van der Waals surface area contributed by atoms with E-state index in [9.17, 15) is 9.59 Å². The lowest BCUT2D eigenvalue weighted by Crippen LogP contribution is -2.43. The fourth-order valence-corrected chi connectivity index (χ4v) is 6.20. The number of hydrogen-bond donors (Lipinski definition) is 1. The minimum absolute atomic E-state index is 0.0126. The molecule has 0 spiro atoms. The van der Waals surface area contributed by atoms with E-state index in [1.807, 2.05) is 35.7 Å². The minimum atomic E-state index is -0.0758. The topological polar surface area (TPSA) is 69.3 Å². The Bertz CT molecular complexity index is 1160. The summed E-state index contributed by atoms with van der Waals surface area (Å²) in [4.78, 5) is 39.2. The first-order chi connectivity index (χ1) is 16.1. The fourth-order valence-electron chi connectivity index (χ4n) is 5.25. The van der Waals surface area contributed by atoms with E-state index in [0.29, 0.717) is 17.1 Å². The summed E-state index contributed by atoms with van der Waals surface area (Å²) in [7, 11) is 0. The Morgan fingerprint density at radius 3 is 2.45 bits per heavy atom. The van der Waals surface area contributed by atoms with E-state index in [2.05, 4.69) is 21.7 Å². The number of rotatable bonds is 4. The van der Waals surface area contributed by atoms with Gasteiger partial charge >= 0.3 is 0 Å². The van der Waals surface area contributed by atoms with E-state index >= 15 is 0 Å². The molecule has 2 aliphatic rings. The predicted octanol–water partition coefficient (Wildman–Crippen LogP) is 4.83. The molecule has 1 N–H and O–H groups in total. The highest BCUT2D eigenvalue weighted by atomic mass is 32.1. The average molecular weight is 465 g/mol. The van der Waals surface area contributed by atoms with Crippen LogP contribution in [0.15, 0.2) is 40.5 Å². The van der Waals surface area contributed by atoms with Crippen molar-refractivity contribution in [1.82, 2.24) is 19.8 Å². The van der Waals surface area contributed by atoms with Gasteiger partial charge in [0.2, 0.25) is 5.91 Å². The Morgan fingerprint density at radius 2 is 1.76 bits per heavy atom. The van der Waals surface area contributed by atoms with Gasteiger partial charge in [-0.05, 0) is 51.3 Å². The van der Waals surface area contributed by atoms with Crippen LogP contribution < -0.4 is 5.56 Å². The number of carbonyl (C=O) groups excluding carboxylic acids is 1. The average Bonchev–Trinajstić information content (AvgIpc) is 3.10. The van der Waals surface area contributed by atoms with Crippen LogP contribution in [-0.4, -0.2) is 51.9 Å². The zero-order valence-electron chi connectivity index (χ0n) is 19.3. The van der Waals surface area contributed by atoms with Gasteiger partial charge in [-0.2, -0.15) is 0 Å². The van der Waals surface area contributed by atoms with Crippen LogP contribution in [0.1, 0.15) is 57.3 Å². The van der Waals surface area contributed by atoms with E-state index in [1.165, 1.54) is 24.2 Å². The van der Waals surface area contributed by atoms with Crippen LogP contribution in [-0.2, 0) is 4.79 Å². The maximum atomic E-state index is 13.0. The van der Waals surface area contributed by atoms with Crippen molar-refractivity contribution in [3.05, 3.63) is 51.9 Å². The van der Waals surface area contributed by atoms with Gasteiger partial charge in [0.05, 0.1) is 11.4 Å². The van der Waals surface area contributed by atoms with Crippen molar-refractivity contribution < 1.29 is 4.79 Å². The Hall–Kier alpha value is -2.51. The highest BCUT2D eigenvalue weighted by molar-refractivity contribution is 7.17. The predicted molar refractivity (Wildman–Crippen MR) is 133 cm³/mol. The van der Waals surface area contributed by atoms with Crippen LogP contribution in [0, 0.1) is 5.92 Å². The first-order valence-electron chi connectivity index (χ1n) is 12.2. The Morgan fingerprint density at radius 1 is 1.06 bits per heavy atom. The van der Waals surface area contributed by atoms with Crippen molar-refractivity contribution in [2.45, 2.75) is 51.5 Å². The molecule has 1 aromatic carbocycles. The van der Waals surface area contributed by atoms with Crippen LogP contribution >= 0.6 is 11.3 Å². The number of likely N-dealkylation sites (tertiary alicyclic amines) is 2. The van der Waals surface area contributed by atoms with Crippen molar-refractivity contribution in [3.8, 4) is 11.1 Å². The summed E-state index contributed by atoms with van der Waals surface area (Å²) in [6.45, 7) is 5.66. The third kappa shape index (κ3) is 4.62. The zero-order valence-corrected chi connectivity index (χ0v) is 20.1. The van der Waals surface area contributed by atoms with Crippen molar-refractivity contribution >= 4 is 27.5 Å². The smallest absolute Gasteiger partial charge is 0.260 e. The number of aromatic nitrogens is 2. The molecule has 0 aliphatic carbocycles. The SMILES string of the molecule is CC(c1nc2scc(-c3ccccc3)c2c(=O)[nH]1)N1CCC(C(=O)N2CCCCCC2)CC1. The summed E-state index contributed by atoms with van der Waals surface area (Å²) in [5.41, 5.74) is 1.90. The molecule has 174 valence electrons. The van der Waals surface area contributed by atoms with E-state index in [-0.39, 0.29) is 17.5 Å². The van der Waals surface area contributed by atoms with Gasteiger partial charge in [0, 0.05) is 30.0 Å². The molecule has 0 bridgehead atoms. The molecular formula is C26H32N4O2S. The number of carbonyl (C=O) groups is 1. The first-order valence-corrected chi connectivity index (χ1v) is 13.1. The van der Waals surface area contributed by atoms with Crippen molar-refractivity contribution in [3.63, 3.8) is 0 Å². The number of nitrogens with zero attached hydrogens (tertiary/aromatic N) is 3. The summed E-state index contributed by atoms with van der Waals surface area (Å²) in [5.74, 6) is 1.20. The molecule has 6 nitrogen and oxygen atoms in total. The standard InChI is InChI=1S/C26H32N4O2S/c1-18(29-15-11-20(12-16-29)26(32)30-13-7-2-3-8-14-30)23-27-24(31)22-21(17-33-25(22)28-23)19-9-5-4-6-10-19/h4-6,9-10,17-18,20H,2-3,7-8,11-16H2,1H3,(H,27,28,31). The first kappa shape index (κ1) is 22.3. The number of hydrogen-bond acceptors (Lipinski definition) is 5. The third-order valence-electron chi connectivity index (χ3n) is 7.29. The molecule has 0 radical (unpaired) electrons. The van der Waals surface area contributed by atoms with E-state index < -0.39 is 0 Å². The second kappa shape index (κ2) is 9.77. The number of thiophene rings is 1. The number of H-pyrrole nitrogens is 1. The quantitative estimate of drug-likeness (QED) is 0.601. The number of nitrogens with one attached hydrogen (secondary N) is 1. The van der Waals surface area contributed by atoms with Crippen molar-refractivity contribution in [1.29, 1.82) is 0 Å². The zero-order chi connectivity index (χ0) is 22.8. The Kier molecular flexibility index (Phi) is 6.60. The largest absolute Gasteiger partial charge is 0.342 e. The van der Waals surface area contributed by atoms with Gasteiger partial charge < -0.3 is 9.88 Å². The highest BCUT2D eigenvalue weighted by Crippen LogP contribution is 2.32. The van der Waals surface area contributed by atoms with Crippen molar-refractivity contribution in [2.75, 3.05) is 26.2 Å². The summed E-state index contributed by atoms with van der Waals surface area (Å²) in [6.07, 6.45) is 6.51. The lowest BCUT2D eigenvalue weighted by Gasteiger charge is -2.36. The molecule has 1 atom stereocenters. The molecule has 2 fully saturated rings. The van der Waals surface area contributed by atoms with E-state index in [4.69, 9.17) is 4.98 Å². The van der Waals surface area contributed by atoms with E-state index in [1.54, 1.807) is 0 Å². The normalized spacial score (nSPS) is 19.5. The van der Waals surface area contributed by atoms with Crippen molar-refractivity contribution in [2.24, 2.45) is 5.92 Å². The summed E-state index contributed by atoms with van der Waals surface area (Å²) in [5, 5.41) is 2.69. The molecular weight excluding hydrogens is 432 g/mol. The Balaban J connectivity index is 1.28. The van der Waals surface area contributed by atoms with E-state index in [0.717, 1.165) is 67.8 Å². The maximum Gasteiger partial charge on any atom is 0.260 e. The van der Waals surface area contributed by atoms with Gasteiger partial charge in [0.1, 0.15) is 10.7 Å². The second-order valence-corrected chi connectivity index (χ2v) is 10.2. The lowest BCUT2D eigenvalue weighted by atomic mass is 9.94. The summed E-state index contributed by atoms with van der Waals surface area (Å²) in [6, 6.07) is 10.0. The molecule has 2 saturated heterocycles. The molecule has 1 unspecified atom stereocenters. The number of aromatic amines is 1. The molecule has 7 heteroatoms. The molecule has 33 heavy (non-hydrogen) atoms. The molecule has 3 aromatic rings. The lowest BCUT2D eigenvalue weighted by molar-refractivity contribution is -0.137. The summed E-state index contributed by atoms with van der Waals surface area (Å²) < 4.78 is 0. The molecule has 0 saturated carbocycles. The third-order valence-corrected chi connectivity index (χ3v) is 8.16. The van der Waals surface area contributed by atoms with Crippen LogP contribution in [0.2, 0.25) is 0 Å². The molecule has 4 heterocycles. The maximum absolute atomic E-state index is 13.0. The Labute approximate surface area is 198 Å². The number of piperidine rings is 1. The number of benzene rings is 1. The van der Waals surface area contributed by atoms with Crippen LogP contribution in [0.5, 0.6) is 0 Å². The summed E-state index contributed by atoms with van der Waals surface area (Å²) >= 11 is 1.52. The van der Waals surface area contributed by atoms with Gasteiger partial charge in [-0.3, -0.25) is 14.5 Å². The van der Waals surface area contributed by atoms with Crippen LogP contribution in [0.25, 0.3) is 21.3 Å². The molecule has 2 aliphatic heterocycles. The fraction of sp³-hybridized carbons (Fsp3) is 0.500. The highest BCUT2D eigenvalue weighted by Gasteiger charge is 2.31. The second-order valence-electron chi connectivity index (χ2n) is 9.37. The molecule has 1 amide bonds. The van der Waals surface area contributed by atoms with Gasteiger partial charge in [-0.25, -0.2) is 4.98 Å². The van der Waals surface area contributed by atoms with Gasteiger partial charge in [0.25, 0.3) is 5.56 Å². The monoisotopic (exact) mass is 464 g/mol. The van der Waals surface area contributed by atoms with Gasteiger partial charge in [-0.1, -0.05) is 43.2 Å². The van der Waals surface area contributed by atoms with Gasteiger partial charge in [-0.15, -0.1) is 11.3 Å². The molecule has 5 rings (SSSR count). The van der Waals surface area contributed by atoms with Gasteiger partial charge in [0.15, 0.2) is 0 Å². The number of amides is 1.